The number of fused-ring (bicyclic) bond motifs is 1. The molecule has 0 amide bonds. The zero-order valence-corrected chi connectivity index (χ0v) is 22.4. The van der Waals surface area contributed by atoms with E-state index in [2.05, 4.69) is 10.2 Å². The molecule has 3 heterocycles. The van der Waals surface area contributed by atoms with Gasteiger partial charge in [-0.05, 0) is 24.1 Å². The van der Waals surface area contributed by atoms with E-state index in [4.69, 9.17) is 19.6 Å². The van der Waals surface area contributed by atoms with Gasteiger partial charge < -0.3 is 20.1 Å². The number of carboxylic acids is 1. The van der Waals surface area contributed by atoms with E-state index in [1.807, 2.05) is 59.2 Å². The Balaban J connectivity index is 0.000000493. The second kappa shape index (κ2) is 12.3. The van der Waals surface area contributed by atoms with Gasteiger partial charge in [-0.1, -0.05) is 42.5 Å². The number of aliphatic carboxylic acids is 1. The zero-order chi connectivity index (χ0) is 29.7. The number of piperazine rings is 1. The van der Waals surface area contributed by atoms with Crippen LogP contribution in [0.1, 0.15) is 5.56 Å². The normalized spacial score (nSPS) is 13.5. The Labute approximate surface area is 232 Å². The molecule has 1 fully saturated rings. The van der Waals surface area contributed by atoms with Crippen LogP contribution < -0.4 is 26.2 Å². The average Bonchev–Trinajstić information content (AvgIpc) is 3.38. The third-order valence-electron chi connectivity index (χ3n) is 6.56. The molecule has 1 aliphatic heterocycles. The topological polar surface area (TPSA) is 124 Å². The lowest BCUT2D eigenvalue weighted by Crippen LogP contribution is -2.44. The third-order valence-corrected chi connectivity index (χ3v) is 6.56. The minimum absolute atomic E-state index is 0.283. The van der Waals surface area contributed by atoms with Crippen LogP contribution in [-0.4, -0.2) is 69.2 Å². The van der Waals surface area contributed by atoms with E-state index in [0.717, 1.165) is 31.7 Å². The van der Waals surface area contributed by atoms with Crippen LogP contribution in [0.15, 0.2) is 64.2 Å². The van der Waals surface area contributed by atoms with Crippen LogP contribution in [0.4, 0.5) is 19.1 Å². The fraction of sp³-hybridized carbons (Fsp3) is 0.333. The molecule has 2 N–H and O–H groups in total. The summed E-state index contributed by atoms with van der Waals surface area (Å²) in [7, 11) is 3.28. The molecular weight excluding hydrogens is 545 g/mol. The molecule has 11 nitrogen and oxygen atoms in total. The summed E-state index contributed by atoms with van der Waals surface area (Å²) in [4.78, 5) is 42.9. The number of nitrogens with zero attached hydrogens (tertiary/aromatic N) is 5. The third kappa shape index (κ3) is 6.27. The van der Waals surface area contributed by atoms with Crippen LogP contribution in [-0.2, 0) is 24.8 Å². The molecule has 0 atom stereocenters. The van der Waals surface area contributed by atoms with Crippen molar-refractivity contribution in [3.63, 3.8) is 0 Å². The van der Waals surface area contributed by atoms with Crippen molar-refractivity contribution in [2.45, 2.75) is 19.1 Å². The number of ether oxygens (including phenoxy) is 1. The summed E-state index contributed by atoms with van der Waals surface area (Å²) in [5, 5.41) is 10.5. The van der Waals surface area contributed by atoms with Crippen LogP contribution >= 0.6 is 0 Å². The fourth-order valence-electron chi connectivity index (χ4n) is 4.51. The molecule has 14 heteroatoms. The number of para-hydroxylation sites is 2. The Morgan fingerprint density at radius 3 is 2.27 bits per heavy atom. The summed E-state index contributed by atoms with van der Waals surface area (Å²) in [6.45, 7) is 3.40. The van der Waals surface area contributed by atoms with Gasteiger partial charge >= 0.3 is 17.8 Å². The smallest absolute Gasteiger partial charge is 0.490 e. The van der Waals surface area contributed by atoms with Gasteiger partial charge in [-0.2, -0.15) is 18.2 Å². The van der Waals surface area contributed by atoms with Crippen molar-refractivity contribution in [2.24, 2.45) is 7.05 Å². The second-order valence-electron chi connectivity index (χ2n) is 9.17. The highest BCUT2D eigenvalue weighted by atomic mass is 19.4. The minimum Gasteiger partial charge on any atom is -0.495 e. The number of rotatable bonds is 6. The zero-order valence-electron chi connectivity index (χ0n) is 22.4. The molecule has 0 spiro atoms. The lowest BCUT2D eigenvalue weighted by Gasteiger charge is -2.29. The molecule has 0 radical (unpaired) electrons. The predicted octanol–water partition coefficient (Wildman–Crippen LogP) is 2.18. The Kier molecular flexibility index (Phi) is 8.81. The van der Waals surface area contributed by atoms with E-state index in [1.54, 1.807) is 14.2 Å². The molecule has 218 valence electrons. The predicted molar refractivity (Wildman–Crippen MR) is 146 cm³/mol. The molecule has 2 aromatic carbocycles. The van der Waals surface area contributed by atoms with Crippen molar-refractivity contribution in [3.05, 3.63) is 81.0 Å². The number of nitrogens with one attached hydrogen (secondary N) is 1. The van der Waals surface area contributed by atoms with Gasteiger partial charge in [-0.15, -0.1) is 0 Å². The Morgan fingerprint density at radius 2 is 1.66 bits per heavy atom. The van der Waals surface area contributed by atoms with Crippen LogP contribution in [0, 0.1) is 0 Å². The second-order valence-corrected chi connectivity index (χ2v) is 9.17. The van der Waals surface area contributed by atoms with Gasteiger partial charge in [-0.25, -0.2) is 9.59 Å². The van der Waals surface area contributed by atoms with Gasteiger partial charge in [0.05, 0.1) is 12.8 Å². The first kappa shape index (κ1) is 29.4. The summed E-state index contributed by atoms with van der Waals surface area (Å²) >= 11 is 0. The highest BCUT2D eigenvalue weighted by Gasteiger charge is 2.38. The van der Waals surface area contributed by atoms with Crippen molar-refractivity contribution < 1.29 is 27.8 Å². The Hall–Kier alpha value is -4.59. The van der Waals surface area contributed by atoms with Crippen molar-refractivity contribution in [1.82, 2.24) is 24.0 Å². The highest BCUT2D eigenvalue weighted by Crippen LogP contribution is 2.30. The summed E-state index contributed by atoms with van der Waals surface area (Å²) in [5.41, 5.74) is 1.79. The molecule has 41 heavy (non-hydrogen) atoms. The van der Waals surface area contributed by atoms with Crippen LogP contribution in [0.3, 0.4) is 0 Å². The Morgan fingerprint density at radius 1 is 1.05 bits per heavy atom. The van der Waals surface area contributed by atoms with E-state index >= 15 is 0 Å². The van der Waals surface area contributed by atoms with Crippen molar-refractivity contribution in [3.8, 4) is 11.4 Å². The number of hydrogen-bond acceptors (Lipinski definition) is 7. The van der Waals surface area contributed by atoms with Gasteiger partial charge in [-0.3, -0.25) is 18.5 Å². The maximum atomic E-state index is 13.8. The van der Waals surface area contributed by atoms with Gasteiger partial charge in [0, 0.05) is 39.8 Å². The number of imidazole rings is 1. The number of anilines is 1. The SMILES string of the molecule is COc1ccccc1-n1c(N2CCNCC2)nc2c1c(=O)n(CCc1ccccc1)c(=O)n2C.O=C(O)C(F)(F)F. The van der Waals surface area contributed by atoms with E-state index in [1.165, 1.54) is 9.13 Å². The summed E-state index contributed by atoms with van der Waals surface area (Å²) in [5.74, 6) is -1.50. The van der Waals surface area contributed by atoms with E-state index in [-0.39, 0.29) is 17.8 Å². The van der Waals surface area contributed by atoms with Crippen molar-refractivity contribution >= 4 is 23.1 Å². The van der Waals surface area contributed by atoms with E-state index < -0.39 is 12.1 Å². The minimum atomic E-state index is -5.08. The fourth-order valence-corrected chi connectivity index (χ4v) is 4.51. The van der Waals surface area contributed by atoms with Crippen molar-refractivity contribution in [1.29, 1.82) is 0 Å². The summed E-state index contributed by atoms with van der Waals surface area (Å²) < 4.78 is 42.0. The number of carbonyl (C=O) groups is 1. The lowest BCUT2D eigenvalue weighted by molar-refractivity contribution is -0.192. The molecule has 0 bridgehead atoms. The molecule has 5 rings (SSSR count). The molecule has 4 aromatic rings. The first-order valence-electron chi connectivity index (χ1n) is 12.7. The van der Waals surface area contributed by atoms with Gasteiger partial charge in [0.1, 0.15) is 5.75 Å². The van der Waals surface area contributed by atoms with E-state index in [0.29, 0.717) is 35.0 Å². The molecular formula is C27H29F3N6O5. The van der Waals surface area contributed by atoms with Gasteiger partial charge in [0.15, 0.2) is 11.2 Å². The quantitative estimate of drug-likeness (QED) is 0.359. The Bertz CT molecular complexity index is 1640. The number of benzene rings is 2. The van der Waals surface area contributed by atoms with E-state index in [9.17, 15) is 22.8 Å². The first-order chi connectivity index (χ1) is 19.5. The highest BCUT2D eigenvalue weighted by molar-refractivity contribution is 5.79. The van der Waals surface area contributed by atoms with Crippen LogP contribution in [0.5, 0.6) is 5.75 Å². The maximum Gasteiger partial charge on any atom is 0.490 e. The largest absolute Gasteiger partial charge is 0.495 e. The number of alkyl halides is 3. The summed E-state index contributed by atoms with van der Waals surface area (Å²) in [6.07, 6.45) is -4.51. The number of hydrogen-bond donors (Lipinski definition) is 2. The molecule has 0 unspecified atom stereocenters. The molecule has 0 aliphatic carbocycles. The first-order valence-corrected chi connectivity index (χ1v) is 12.7. The van der Waals surface area contributed by atoms with Gasteiger partial charge in [0.25, 0.3) is 5.56 Å². The number of carboxylic acid groups (broad SMARTS) is 1. The molecule has 2 aromatic heterocycles. The molecule has 1 saturated heterocycles. The monoisotopic (exact) mass is 574 g/mol. The van der Waals surface area contributed by atoms with Crippen molar-refractivity contribution in [2.75, 3.05) is 38.2 Å². The van der Waals surface area contributed by atoms with Gasteiger partial charge in [0.2, 0.25) is 5.95 Å². The number of halogens is 3. The maximum absolute atomic E-state index is 13.8. The number of methoxy groups -OCH3 is 1. The average molecular weight is 575 g/mol. The number of aromatic nitrogens is 4. The lowest BCUT2D eigenvalue weighted by atomic mass is 10.1. The molecule has 0 saturated carbocycles. The van der Waals surface area contributed by atoms with Crippen LogP contribution in [0.2, 0.25) is 0 Å². The standard InChI is InChI=1S/C25H28N6O3.C2HF3O2/c1-28-22-21(23(32)30(25(28)33)15-12-18-8-4-3-5-9-18)31(19-10-6-7-11-20(19)34-2)24(27-22)29-16-13-26-14-17-29;3-2(4,5)1(6)7/h3-11,26H,12-17H2,1-2H3;(H,6,7). The molecule has 1 aliphatic rings. The summed E-state index contributed by atoms with van der Waals surface area (Å²) in [6, 6.07) is 17.4. The van der Waals surface area contributed by atoms with Crippen LogP contribution in [0.25, 0.3) is 16.9 Å². The number of aryl methyl sites for hydroxylation is 2.